The van der Waals surface area contributed by atoms with E-state index in [0.717, 1.165) is 49.4 Å². The topological polar surface area (TPSA) is 50.3 Å². The van der Waals surface area contributed by atoms with Gasteiger partial charge in [-0.15, -0.1) is 11.3 Å². The molecule has 5 nitrogen and oxygen atoms in total. The Morgan fingerprint density at radius 2 is 1.88 bits per heavy atom. The molecule has 2 fully saturated rings. The maximum absolute atomic E-state index is 6.21. The Balaban J connectivity index is 1.31. The highest BCUT2D eigenvalue weighted by atomic mass is 35.5. The van der Waals surface area contributed by atoms with E-state index in [9.17, 15) is 0 Å². The summed E-state index contributed by atoms with van der Waals surface area (Å²) in [4.78, 5) is 14.2. The van der Waals surface area contributed by atoms with E-state index in [0.29, 0.717) is 11.3 Å². The quantitative estimate of drug-likeness (QED) is 0.803. The number of ether oxygens (including phenoxy) is 1. The lowest BCUT2D eigenvalue weighted by atomic mass is 9.90. The molecule has 140 valence electrons. The number of thiophene rings is 1. The molecule has 0 atom stereocenters. The predicted octanol–water partition coefficient (Wildman–Crippen LogP) is 3.89. The average Bonchev–Trinajstić information content (AvgIpc) is 3.23. The van der Waals surface area contributed by atoms with Gasteiger partial charge in [-0.2, -0.15) is 0 Å². The van der Waals surface area contributed by atoms with Crippen molar-refractivity contribution in [2.75, 3.05) is 31.6 Å². The van der Waals surface area contributed by atoms with Crippen molar-refractivity contribution in [2.24, 2.45) is 0 Å². The van der Waals surface area contributed by atoms with Crippen molar-refractivity contribution < 1.29 is 4.74 Å². The third-order valence-corrected chi connectivity index (χ3v) is 7.49. The highest BCUT2D eigenvalue weighted by Gasteiger charge is 2.28. The lowest BCUT2D eigenvalue weighted by Crippen LogP contribution is -2.46. The molecule has 2 aliphatic carbocycles. The summed E-state index contributed by atoms with van der Waals surface area (Å²) in [6.07, 6.45) is 8.47. The number of morpholine rings is 1. The fraction of sp³-hybridized carbons (Fsp3) is 0.684. The largest absolute Gasteiger partial charge is 0.379 e. The number of aryl methyl sites for hydroxylation is 2. The van der Waals surface area contributed by atoms with E-state index in [1.807, 2.05) is 0 Å². The van der Waals surface area contributed by atoms with Crippen LogP contribution >= 0.6 is 22.9 Å². The van der Waals surface area contributed by atoms with Crippen LogP contribution in [0.3, 0.4) is 0 Å². The molecule has 3 heterocycles. The van der Waals surface area contributed by atoms with E-state index in [2.05, 4.69) is 20.2 Å². The number of aromatic nitrogens is 2. The molecule has 0 amide bonds. The Morgan fingerprint density at radius 1 is 1.08 bits per heavy atom. The Bertz CT molecular complexity index is 796. The van der Waals surface area contributed by atoms with E-state index < -0.39 is 0 Å². The van der Waals surface area contributed by atoms with Gasteiger partial charge in [0.1, 0.15) is 10.6 Å². The van der Waals surface area contributed by atoms with Gasteiger partial charge in [0.2, 0.25) is 5.28 Å². The summed E-state index contributed by atoms with van der Waals surface area (Å²) in [7, 11) is 0. The van der Waals surface area contributed by atoms with E-state index in [4.69, 9.17) is 16.3 Å². The highest BCUT2D eigenvalue weighted by Crippen LogP contribution is 2.40. The van der Waals surface area contributed by atoms with Crippen LogP contribution in [0.5, 0.6) is 0 Å². The molecule has 1 saturated carbocycles. The Morgan fingerprint density at radius 3 is 2.69 bits per heavy atom. The van der Waals surface area contributed by atoms with Crippen LogP contribution in [-0.2, 0) is 17.6 Å². The van der Waals surface area contributed by atoms with E-state index in [-0.39, 0.29) is 0 Å². The van der Waals surface area contributed by atoms with Crippen LogP contribution in [0.2, 0.25) is 5.28 Å². The molecule has 5 rings (SSSR count). The SMILES string of the molecule is Clc1nc(NC2CCC(N3CCOCC3)CC2)c2c3c(sc2n1)CCC3. The summed E-state index contributed by atoms with van der Waals surface area (Å²) < 4.78 is 5.49. The third-order valence-electron chi connectivity index (χ3n) is 6.14. The van der Waals surface area contributed by atoms with Gasteiger partial charge in [0, 0.05) is 30.1 Å². The molecule has 2 aromatic rings. The van der Waals surface area contributed by atoms with Crippen molar-refractivity contribution >= 4 is 39.0 Å². The van der Waals surface area contributed by atoms with Gasteiger partial charge >= 0.3 is 0 Å². The molecule has 1 N–H and O–H groups in total. The van der Waals surface area contributed by atoms with Gasteiger partial charge in [-0.3, -0.25) is 4.90 Å². The van der Waals surface area contributed by atoms with Crippen LogP contribution in [0.15, 0.2) is 0 Å². The predicted molar refractivity (Wildman–Crippen MR) is 107 cm³/mol. The van der Waals surface area contributed by atoms with Crippen LogP contribution in [-0.4, -0.2) is 53.3 Å². The molecule has 1 aliphatic heterocycles. The number of anilines is 1. The number of hydrogen-bond donors (Lipinski definition) is 1. The zero-order valence-electron chi connectivity index (χ0n) is 15.0. The molecule has 1 saturated heterocycles. The normalized spacial score (nSPS) is 27.0. The first-order valence-corrected chi connectivity index (χ1v) is 11.0. The van der Waals surface area contributed by atoms with Crippen LogP contribution in [0.1, 0.15) is 42.5 Å². The van der Waals surface area contributed by atoms with Gasteiger partial charge < -0.3 is 10.1 Å². The molecule has 0 unspecified atom stereocenters. The van der Waals surface area contributed by atoms with Crippen LogP contribution in [0.25, 0.3) is 10.2 Å². The average molecular weight is 393 g/mol. The molecule has 7 heteroatoms. The molecule has 26 heavy (non-hydrogen) atoms. The zero-order chi connectivity index (χ0) is 17.5. The minimum Gasteiger partial charge on any atom is -0.379 e. The minimum atomic E-state index is 0.363. The second kappa shape index (κ2) is 7.23. The molecule has 0 radical (unpaired) electrons. The first-order chi connectivity index (χ1) is 12.8. The Hall–Kier alpha value is -0.950. The molecular weight excluding hydrogens is 368 g/mol. The third kappa shape index (κ3) is 3.21. The summed E-state index contributed by atoms with van der Waals surface area (Å²) in [5, 5.41) is 5.33. The molecule has 0 aromatic carbocycles. The van der Waals surface area contributed by atoms with Gasteiger partial charge in [-0.25, -0.2) is 9.97 Å². The fourth-order valence-corrected chi connectivity index (χ4v) is 6.28. The first kappa shape index (κ1) is 17.2. The Labute approximate surface area is 163 Å². The lowest BCUT2D eigenvalue weighted by molar-refractivity contribution is 0.00791. The molecule has 3 aliphatic rings. The van der Waals surface area contributed by atoms with Crippen LogP contribution in [0, 0.1) is 0 Å². The molecule has 0 bridgehead atoms. The van der Waals surface area contributed by atoms with E-state index in [1.165, 1.54) is 54.4 Å². The molecule has 2 aromatic heterocycles. The summed E-state index contributed by atoms with van der Waals surface area (Å²) in [5.41, 5.74) is 1.46. The van der Waals surface area contributed by atoms with Crippen LogP contribution < -0.4 is 5.32 Å². The summed E-state index contributed by atoms with van der Waals surface area (Å²) in [6, 6.07) is 1.20. The molecular formula is C19H25ClN4OS. The number of halogens is 1. The second-order valence-corrected chi connectivity index (χ2v) is 9.10. The van der Waals surface area contributed by atoms with Gasteiger partial charge in [-0.1, -0.05) is 0 Å². The van der Waals surface area contributed by atoms with Crippen molar-refractivity contribution in [3.63, 3.8) is 0 Å². The monoisotopic (exact) mass is 392 g/mol. The van der Waals surface area contributed by atoms with Gasteiger partial charge in [0.05, 0.1) is 18.6 Å². The zero-order valence-corrected chi connectivity index (χ0v) is 16.5. The van der Waals surface area contributed by atoms with Crippen molar-refractivity contribution in [3.8, 4) is 0 Å². The smallest absolute Gasteiger partial charge is 0.225 e. The minimum absolute atomic E-state index is 0.363. The summed E-state index contributed by atoms with van der Waals surface area (Å²) in [5.74, 6) is 0.967. The van der Waals surface area contributed by atoms with Crippen molar-refractivity contribution in [3.05, 3.63) is 15.7 Å². The molecule has 0 spiro atoms. The maximum atomic E-state index is 6.21. The van der Waals surface area contributed by atoms with Gasteiger partial charge in [0.25, 0.3) is 0 Å². The highest BCUT2D eigenvalue weighted by molar-refractivity contribution is 7.19. The second-order valence-electron chi connectivity index (χ2n) is 7.68. The Kier molecular flexibility index (Phi) is 4.77. The van der Waals surface area contributed by atoms with Gasteiger partial charge in [0.15, 0.2) is 0 Å². The lowest BCUT2D eigenvalue weighted by Gasteiger charge is -2.39. The van der Waals surface area contributed by atoms with E-state index in [1.54, 1.807) is 11.3 Å². The van der Waals surface area contributed by atoms with Gasteiger partial charge in [-0.05, 0) is 62.1 Å². The fourth-order valence-electron chi connectivity index (χ4n) is 4.80. The summed E-state index contributed by atoms with van der Waals surface area (Å²) >= 11 is 8.02. The maximum Gasteiger partial charge on any atom is 0.225 e. The van der Waals surface area contributed by atoms with Crippen LogP contribution in [0.4, 0.5) is 5.82 Å². The standard InChI is InChI=1S/C19H25ClN4OS/c20-19-22-17(16-14-2-1-3-15(14)26-18(16)23-19)21-12-4-6-13(7-5-12)24-8-10-25-11-9-24/h12-13H,1-11H2,(H,21,22,23). The summed E-state index contributed by atoms with van der Waals surface area (Å²) in [6.45, 7) is 3.95. The number of rotatable bonds is 3. The van der Waals surface area contributed by atoms with E-state index >= 15 is 0 Å². The van der Waals surface area contributed by atoms with Crippen molar-refractivity contribution in [1.29, 1.82) is 0 Å². The van der Waals surface area contributed by atoms with Crippen molar-refractivity contribution in [1.82, 2.24) is 14.9 Å². The number of nitrogens with one attached hydrogen (secondary N) is 1. The number of hydrogen-bond acceptors (Lipinski definition) is 6. The number of fused-ring (bicyclic) bond motifs is 3. The number of nitrogens with zero attached hydrogens (tertiary/aromatic N) is 3. The first-order valence-electron chi connectivity index (χ1n) is 9.84. The van der Waals surface area contributed by atoms with Crippen molar-refractivity contribution in [2.45, 2.75) is 57.0 Å².